The fraction of sp³-hybridized carbons (Fsp3) is 0.143. The molecule has 4 N–H and O–H groups in total. The first kappa shape index (κ1) is 47.3. The van der Waals surface area contributed by atoms with Crippen molar-refractivity contribution < 1.29 is 28.8 Å². The Morgan fingerprint density at radius 3 is 1.21 bits per heavy atom. The van der Waals surface area contributed by atoms with Crippen LogP contribution in [-0.4, -0.2) is 47.3 Å². The molecule has 5 rings (SSSR count). The molecular weight excluding hydrogens is 925 g/mol. The van der Waals surface area contributed by atoms with E-state index in [9.17, 15) is 28.8 Å². The van der Waals surface area contributed by atoms with E-state index in [-0.39, 0.29) is 65.3 Å². The first-order valence-electron chi connectivity index (χ1n) is 18.0. The Bertz CT molecular complexity index is 2530. The van der Waals surface area contributed by atoms with Crippen LogP contribution in [0.25, 0.3) is 0 Å². The monoisotopic (exact) mass is 954 g/mol. The second-order valence-electron chi connectivity index (χ2n) is 13.3. The molecule has 0 aromatic heterocycles. The summed E-state index contributed by atoms with van der Waals surface area (Å²) in [6, 6.07) is 17.6. The van der Waals surface area contributed by atoms with Crippen LogP contribution in [0.15, 0.2) is 105 Å². The molecule has 0 heterocycles. The topological polar surface area (TPSA) is 200 Å². The minimum absolute atomic E-state index is 0.00535. The average Bonchev–Trinajstić information content (AvgIpc) is 3.21. The Morgan fingerprint density at radius 1 is 0.484 bits per heavy atom. The van der Waals surface area contributed by atoms with E-state index in [0.29, 0.717) is 21.2 Å². The number of hydrogen-bond donors (Lipinski definition) is 4. The molecule has 4 amide bonds. The Labute approximate surface area is 384 Å². The summed E-state index contributed by atoms with van der Waals surface area (Å²) >= 11 is 37.4. The SMILES string of the molecule is CC(=O)C(N=Nc1cccc(C(=O)Nc2cc(Cl)ccc2Cl)c1Cl)C(=O)Nc1ccc(NC(=O)C(N=Nc2cccc(C(=O)Nc3cc(Cl)ccc3Cl)c2Cl)C(C)=O)c(C)c1C. The Morgan fingerprint density at radius 2 is 0.855 bits per heavy atom. The number of ketones is 2. The van der Waals surface area contributed by atoms with Crippen LogP contribution < -0.4 is 21.3 Å². The van der Waals surface area contributed by atoms with Crippen LogP contribution in [-0.2, 0) is 19.2 Å². The molecule has 5 aromatic rings. The molecule has 0 saturated heterocycles. The summed E-state index contributed by atoms with van der Waals surface area (Å²) in [5, 5.41) is 27.5. The highest BCUT2D eigenvalue weighted by Crippen LogP contribution is 2.34. The van der Waals surface area contributed by atoms with Gasteiger partial charge in [-0.1, -0.05) is 81.7 Å². The molecule has 62 heavy (non-hydrogen) atoms. The number of hydrogen-bond acceptors (Lipinski definition) is 10. The van der Waals surface area contributed by atoms with Gasteiger partial charge in [0.25, 0.3) is 23.6 Å². The van der Waals surface area contributed by atoms with Crippen LogP contribution in [0.4, 0.5) is 34.1 Å². The van der Waals surface area contributed by atoms with Crippen molar-refractivity contribution in [2.24, 2.45) is 20.5 Å². The standard InChI is InChI=1S/C42H32Cl6N8O6/c1-19-20(2)30(50-42(62)38(22(4)58)56-54-32-10-6-8-26(36(32)48)40(60)52-34-18-24(44)12-14-28(34)46)16-15-29(19)49-41(61)37(21(3)57)55-53-31-9-5-7-25(35(31)47)39(59)51-33-17-23(43)11-13-27(33)45/h5-18,37-38H,1-4H3,(H,49,61)(H,50,62)(H,51,59)(H,52,60). The maximum atomic E-state index is 13.4. The summed E-state index contributed by atoms with van der Waals surface area (Å²) in [7, 11) is 0. The van der Waals surface area contributed by atoms with Crippen molar-refractivity contribution in [3.05, 3.63) is 137 Å². The number of nitrogens with one attached hydrogen (secondary N) is 4. The molecule has 0 aliphatic rings. The molecular formula is C42H32Cl6N8O6. The van der Waals surface area contributed by atoms with Crippen molar-refractivity contribution >= 4 is 139 Å². The van der Waals surface area contributed by atoms with Gasteiger partial charge >= 0.3 is 0 Å². The lowest BCUT2D eigenvalue weighted by Crippen LogP contribution is -2.33. The fourth-order valence-electron chi connectivity index (χ4n) is 5.48. The van der Waals surface area contributed by atoms with Gasteiger partial charge in [0.1, 0.15) is 11.4 Å². The van der Waals surface area contributed by atoms with Crippen LogP contribution in [0, 0.1) is 13.8 Å². The molecule has 0 saturated carbocycles. The number of halogens is 6. The van der Waals surface area contributed by atoms with E-state index in [1.54, 1.807) is 26.0 Å². The third kappa shape index (κ3) is 11.6. The van der Waals surface area contributed by atoms with Crippen LogP contribution in [0.1, 0.15) is 45.7 Å². The largest absolute Gasteiger partial charge is 0.324 e. The maximum Gasteiger partial charge on any atom is 0.258 e. The molecule has 5 aromatic carbocycles. The second kappa shape index (κ2) is 20.9. The third-order valence-electron chi connectivity index (χ3n) is 8.93. The summed E-state index contributed by atoms with van der Waals surface area (Å²) in [6.45, 7) is 5.63. The highest BCUT2D eigenvalue weighted by Gasteiger charge is 2.27. The molecule has 14 nitrogen and oxygen atoms in total. The number of carbonyl (C=O) groups excluding carboxylic acids is 6. The van der Waals surface area contributed by atoms with E-state index in [4.69, 9.17) is 69.6 Å². The number of anilines is 4. The molecule has 0 aliphatic heterocycles. The third-order valence-corrected chi connectivity index (χ3v) is 10.9. The molecule has 2 unspecified atom stereocenters. The molecule has 0 radical (unpaired) electrons. The summed E-state index contributed by atoms with van der Waals surface area (Å²) in [4.78, 5) is 78.1. The number of amides is 4. The van der Waals surface area contributed by atoms with Crippen LogP contribution in [0.3, 0.4) is 0 Å². The van der Waals surface area contributed by atoms with Gasteiger partial charge in [0.2, 0.25) is 12.1 Å². The number of benzene rings is 5. The Balaban J connectivity index is 1.27. The van der Waals surface area contributed by atoms with E-state index in [1.807, 2.05) is 0 Å². The van der Waals surface area contributed by atoms with E-state index < -0.39 is 47.3 Å². The van der Waals surface area contributed by atoms with Crippen molar-refractivity contribution in [2.45, 2.75) is 39.8 Å². The zero-order chi connectivity index (χ0) is 45.4. The lowest BCUT2D eigenvalue weighted by molar-refractivity contribution is -0.127. The molecule has 0 spiro atoms. The van der Waals surface area contributed by atoms with Gasteiger partial charge in [-0.05, 0) is 112 Å². The zero-order valence-electron chi connectivity index (χ0n) is 32.7. The van der Waals surface area contributed by atoms with Crippen molar-refractivity contribution in [2.75, 3.05) is 21.3 Å². The zero-order valence-corrected chi connectivity index (χ0v) is 37.3. The molecule has 2 atom stereocenters. The van der Waals surface area contributed by atoms with Crippen LogP contribution in [0.2, 0.25) is 30.1 Å². The summed E-state index contributed by atoms with van der Waals surface area (Å²) < 4.78 is 0. The van der Waals surface area contributed by atoms with Crippen molar-refractivity contribution in [3.63, 3.8) is 0 Å². The highest BCUT2D eigenvalue weighted by atomic mass is 35.5. The summed E-state index contributed by atoms with van der Waals surface area (Å²) in [6.07, 6.45) is 0. The van der Waals surface area contributed by atoms with Gasteiger partial charge in [0, 0.05) is 21.4 Å². The van der Waals surface area contributed by atoms with Gasteiger partial charge in [-0.25, -0.2) is 0 Å². The van der Waals surface area contributed by atoms with Gasteiger partial charge in [0.05, 0.1) is 42.6 Å². The summed E-state index contributed by atoms with van der Waals surface area (Å²) in [5.41, 5.74) is 2.09. The van der Waals surface area contributed by atoms with Crippen LogP contribution >= 0.6 is 69.6 Å². The predicted molar refractivity (Wildman–Crippen MR) is 243 cm³/mol. The van der Waals surface area contributed by atoms with E-state index in [1.165, 1.54) is 72.8 Å². The lowest BCUT2D eigenvalue weighted by Gasteiger charge is -2.17. The van der Waals surface area contributed by atoms with Crippen molar-refractivity contribution in [3.8, 4) is 0 Å². The van der Waals surface area contributed by atoms with E-state index in [2.05, 4.69) is 41.7 Å². The minimum atomic E-state index is -1.61. The fourth-order valence-corrected chi connectivity index (χ4v) is 6.65. The number of carbonyl (C=O) groups is 6. The predicted octanol–water partition coefficient (Wildman–Crippen LogP) is 12.1. The number of Topliss-reactive ketones (excluding diaryl/α,β-unsaturated/α-hetero) is 2. The second-order valence-corrected chi connectivity index (χ2v) is 15.7. The lowest BCUT2D eigenvalue weighted by atomic mass is 10.0. The first-order valence-corrected chi connectivity index (χ1v) is 20.3. The molecule has 318 valence electrons. The van der Waals surface area contributed by atoms with Crippen LogP contribution in [0.5, 0.6) is 0 Å². The molecule has 0 bridgehead atoms. The number of azo groups is 2. The van der Waals surface area contributed by atoms with Gasteiger partial charge in [-0.15, -0.1) is 0 Å². The van der Waals surface area contributed by atoms with E-state index >= 15 is 0 Å². The Hall–Kier alpha value is -5.74. The number of rotatable bonds is 14. The van der Waals surface area contributed by atoms with Gasteiger partial charge in [-0.3, -0.25) is 28.8 Å². The molecule has 0 aliphatic carbocycles. The summed E-state index contributed by atoms with van der Waals surface area (Å²) in [5.74, 6) is -4.19. The van der Waals surface area contributed by atoms with Crippen molar-refractivity contribution in [1.29, 1.82) is 0 Å². The quantitative estimate of drug-likeness (QED) is 0.0630. The van der Waals surface area contributed by atoms with Gasteiger partial charge < -0.3 is 21.3 Å². The maximum absolute atomic E-state index is 13.4. The average molecular weight is 957 g/mol. The smallest absolute Gasteiger partial charge is 0.258 e. The number of nitrogens with zero attached hydrogens (tertiary/aromatic N) is 4. The molecule has 0 fully saturated rings. The van der Waals surface area contributed by atoms with Gasteiger partial charge in [0.15, 0.2) is 11.6 Å². The molecule has 20 heteroatoms. The van der Waals surface area contributed by atoms with Crippen molar-refractivity contribution in [1.82, 2.24) is 0 Å². The Kier molecular flexibility index (Phi) is 15.9. The van der Waals surface area contributed by atoms with Gasteiger partial charge in [-0.2, -0.15) is 20.5 Å². The highest BCUT2D eigenvalue weighted by molar-refractivity contribution is 6.39. The van der Waals surface area contributed by atoms with E-state index in [0.717, 1.165) is 13.8 Å². The minimum Gasteiger partial charge on any atom is -0.324 e. The first-order chi connectivity index (χ1) is 29.4. The normalized spacial score (nSPS) is 12.2.